The summed E-state index contributed by atoms with van der Waals surface area (Å²) in [5, 5.41) is 10.0. The van der Waals surface area contributed by atoms with Crippen LogP contribution in [0.15, 0.2) is 29.1 Å². The normalized spacial score (nSPS) is 12.9. The highest BCUT2D eigenvalue weighted by atomic mass is 16.3. The average Bonchev–Trinajstić information content (AvgIpc) is 2.23. The maximum atomic E-state index is 11.9. The summed E-state index contributed by atoms with van der Waals surface area (Å²) in [5.74, 6) is 0.388. The van der Waals surface area contributed by atoms with Gasteiger partial charge in [0.05, 0.1) is 10.9 Å². The van der Waals surface area contributed by atoms with E-state index in [0.29, 0.717) is 16.7 Å². The molecule has 0 fully saturated rings. The van der Waals surface area contributed by atoms with Gasteiger partial charge in [0.1, 0.15) is 11.9 Å². The molecule has 1 atom stereocenters. The Bertz CT molecular complexity index is 563. The molecule has 15 heavy (non-hydrogen) atoms. The monoisotopic (exact) mass is 202 g/mol. The summed E-state index contributed by atoms with van der Waals surface area (Å²) in [6, 6.07) is 7.12. The number of para-hydroxylation sites is 1. The van der Waals surface area contributed by atoms with Gasteiger partial charge in [0.15, 0.2) is 0 Å². The van der Waals surface area contributed by atoms with Crippen molar-refractivity contribution in [2.75, 3.05) is 0 Å². The zero-order chi connectivity index (χ0) is 11.0. The molecular weight excluding hydrogens is 191 g/mol. The standard InChI is InChI=1S/C10H11BN2O2/c1-6(14)9-12-8-5-3-2-4-7(8)10(15)13(9)11/h2-6,14H,11H2,1H3/t6-/m0/s1. The number of hydrogen-bond acceptors (Lipinski definition) is 3. The second-order valence-corrected chi connectivity index (χ2v) is 3.53. The number of benzene rings is 1. The summed E-state index contributed by atoms with van der Waals surface area (Å²) < 4.78 is 1.38. The molecule has 0 aliphatic heterocycles. The second kappa shape index (κ2) is 3.51. The molecule has 1 aromatic heterocycles. The Morgan fingerprint density at radius 1 is 1.47 bits per heavy atom. The van der Waals surface area contributed by atoms with Crippen LogP contribution in [0.1, 0.15) is 18.9 Å². The van der Waals surface area contributed by atoms with Crippen molar-refractivity contribution in [3.8, 4) is 0 Å². The summed E-state index contributed by atoms with van der Waals surface area (Å²) in [6.45, 7) is 1.59. The minimum Gasteiger partial charge on any atom is -0.386 e. The first-order valence-corrected chi connectivity index (χ1v) is 4.75. The van der Waals surface area contributed by atoms with Crippen molar-refractivity contribution < 1.29 is 5.11 Å². The molecule has 4 nitrogen and oxygen atoms in total. The number of hydrogen-bond donors (Lipinski definition) is 1. The Balaban J connectivity index is 2.89. The van der Waals surface area contributed by atoms with E-state index in [1.54, 1.807) is 33.1 Å². The summed E-state index contributed by atoms with van der Waals surface area (Å²) in [5.41, 5.74) is 0.494. The Morgan fingerprint density at radius 2 is 2.13 bits per heavy atom. The molecule has 0 amide bonds. The average molecular weight is 202 g/mol. The van der Waals surface area contributed by atoms with Gasteiger partial charge in [-0.05, 0) is 19.1 Å². The predicted molar refractivity (Wildman–Crippen MR) is 60.6 cm³/mol. The second-order valence-electron chi connectivity index (χ2n) is 3.53. The molecule has 76 valence electrons. The Kier molecular flexibility index (Phi) is 2.32. The van der Waals surface area contributed by atoms with Gasteiger partial charge in [-0.3, -0.25) is 4.79 Å². The lowest BCUT2D eigenvalue weighted by Gasteiger charge is -2.11. The highest BCUT2D eigenvalue weighted by molar-refractivity contribution is 6.07. The zero-order valence-corrected chi connectivity index (χ0v) is 8.64. The van der Waals surface area contributed by atoms with E-state index in [1.807, 2.05) is 6.07 Å². The third-order valence-electron chi connectivity index (χ3n) is 2.39. The molecule has 0 radical (unpaired) electrons. The predicted octanol–water partition coefficient (Wildman–Crippen LogP) is -0.154. The molecule has 2 rings (SSSR count). The van der Waals surface area contributed by atoms with E-state index >= 15 is 0 Å². The van der Waals surface area contributed by atoms with Crippen LogP contribution in [0.25, 0.3) is 10.9 Å². The molecule has 0 unspecified atom stereocenters. The third kappa shape index (κ3) is 1.55. The lowest BCUT2D eigenvalue weighted by Crippen LogP contribution is -2.25. The number of aromatic nitrogens is 2. The molecule has 2 aromatic rings. The van der Waals surface area contributed by atoms with Gasteiger partial charge in [0.2, 0.25) is 13.5 Å². The summed E-state index contributed by atoms with van der Waals surface area (Å²) in [6.07, 6.45) is -0.743. The van der Waals surface area contributed by atoms with Gasteiger partial charge in [0.25, 0.3) is 0 Å². The van der Waals surface area contributed by atoms with E-state index in [-0.39, 0.29) is 5.56 Å². The number of aliphatic hydroxyl groups is 1. The highest BCUT2D eigenvalue weighted by Crippen LogP contribution is 2.11. The largest absolute Gasteiger partial charge is 0.386 e. The molecule has 0 aliphatic carbocycles. The van der Waals surface area contributed by atoms with E-state index in [9.17, 15) is 9.90 Å². The van der Waals surface area contributed by atoms with Crippen molar-refractivity contribution in [2.24, 2.45) is 0 Å². The van der Waals surface area contributed by atoms with Crippen LogP contribution in [0.3, 0.4) is 0 Å². The van der Waals surface area contributed by atoms with Gasteiger partial charge in [-0.25, -0.2) is 4.98 Å². The fourth-order valence-electron chi connectivity index (χ4n) is 1.61. The van der Waals surface area contributed by atoms with Crippen LogP contribution < -0.4 is 5.56 Å². The van der Waals surface area contributed by atoms with Crippen LogP contribution in [-0.4, -0.2) is 22.5 Å². The molecule has 0 spiro atoms. The smallest absolute Gasteiger partial charge is 0.248 e. The van der Waals surface area contributed by atoms with Crippen LogP contribution in [0.4, 0.5) is 0 Å². The van der Waals surface area contributed by atoms with Crippen molar-refractivity contribution in [1.82, 2.24) is 9.46 Å². The van der Waals surface area contributed by atoms with Gasteiger partial charge >= 0.3 is 0 Å². The van der Waals surface area contributed by atoms with E-state index in [2.05, 4.69) is 4.98 Å². The summed E-state index contributed by atoms with van der Waals surface area (Å²) in [4.78, 5) is 16.1. The fourth-order valence-corrected chi connectivity index (χ4v) is 1.61. The summed E-state index contributed by atoms with van der Waals surface area (Å²) >= 11 is 0. The first-order chi connectivity index (χ1) is 7.11. The summed E-state index contributed by atoms with van der Waals surface area (Å²) in [7, 11) is 1.61. The van der Waals surface area contributed by atoms with Crippen LogP contribution in [0.2, 0.25) is 0 Å². The molecule has 0 aliphatic rings. The minimum atomic E-state index is -0.743. The minimum absolute atomic E-state index is 0.128. The van der Waals surface area contributed by atoms with Crippen molar-refractivity contribution in [3.63, 3.8) is 0 Å². The molecule has 1 N–H and O–H groups in total. The van der Waals surface area contributed by atoms with Crippen molar-refractivity contribution >= 4 is 18.9 Å². The van der Waals surface area contributed by atoms with Crippen molar-refractivity contribution in [3.05, 3.63) is 40.4 Å². The van der Waals surface area contributed by atoms with Gasteiger partial charge < -0.3 is 9.58 Å². The lowest BCUT2D eigenvalue weighted by molar-refractivity contribution is 0.187. The van der Waals surface area contributed by atoms with Crippen molar-refractivity contribution in [1.29, 1.82) is 0 Å². The molecule has 0 saturated carbocycles. The fraction of sp³-hybridized carbons (Fsp3) is 0.200. The van der Waals surface area contributed by atoms with E-state index in [0.717, 1.165) is 0 Å². The zero-order valence-electron chi connectivity index (χ0n) is 8.64. The van der Waals surface area contributed by atoms with Crippen LogP contribution in [0.5, 0.6) is 0 Å². The molecular formula is C10H11BN2O2. The topological polar surface area (TPSA) is 55.1 Å². The van der Waals surface area contributed by atoms with E-state index < -0.39 is 6.10 Å². The number of nitrogens with zero attached hydrogens (tertiary/aromatic N) is 2. The third-order valence-corrected chi connectivity index (χ3v) is 2.39. The number of aliphatic hydroxyl groups excluding tert-OH is 1. The van der Waals surface area contributed by atoms with E-state index in [1.165, 1.54) is 4.48 Å². The van der Waals surface area contributed by atoms with Crippen LogP contribution in [-0.2, 0) is 0 Å². The van der Waals surface area contributed by atoms with Gasteiger partial charge in [-0.2, -0.15) is 0 Å². The Labute approximate surface area is 87.6 Å². The van der Waals surface area contributed by atoms with Gasteiger partial charge in [0, 0.05) is 0 Å². The van der Waals surface area contributed by atoms with Crippen LogP contribution >= 0.6 is 0 Å². The molecule has 0 saturated heterocycles. The number of fused-ring (bicyclic) bond motifs is 1. The molecule has 0 bridgehead atoms. The highest BCUT2D eigenvalue weighted by Gasteiger charge is 2.10. The van der Waals surface area contributed by atoms with E-state index in [4.69, 9.17) is 0 Å². The molecule has 1 aromatic carbocycles. The quantitative estimate of drug-likeness (QED) is 0.654. The SMILES string of the molecule is Bn1c([C@H](C)O)nc2ccccc2c1=O. The molecule has 1 heterocycles. The maximum Gasteiger partial charge on any atom is 0.248 e. The Morgan fingerprint density at radius 3 is 2.80 bits per heavy atom. The van der Waals surface area contributed by atoms with Gasteiger partial charge in [-0.1, -0.05) is 12.1 Å². The lowest BCUT2D eigenvalue weighted by atomic mass is 10.2. The maximum absolute atomic E-state index is 11.9. The van der Waals surface area contributed by atoms with Crippen LogP contribution in [0, 0.1) is 0 Å². The Hall–Kier alpha value is -1.62. The van der Waals surface area contributed by atoms with Crippen molar-refractivity contribution in [2.45, 2.75) is 13.0 Å². The molecule has 5 heteroatoms. The first-order valence-electron chi connectivity index (χ1n) is 4.75. The number of rotatable bonds is 1. The first kappa shape index (κ1) is 9.92. The van der Waals surface area contributed by atoms with Gasteiger partial charge in [-0.15, -0.1) is 0 Å².